The van der Waals surface area contributed by atoms with Crippen LogP contribution in [0.4, 0.5) is 14.5 Å². The third-order valence-electron chi connectivity index (χ3n) is 2.36. The van der Waals surface area contributed by atoms with Crippen LogP contribution >= 0.6 is 0 Å². The fourth-order valence-corrected chi connectivity index (χ4v) is 2.46. The van der Waals surface area contributed by atoms with E-state index in [9.17, 15) is 27.3 Å². The van der Waals surface area contributed by atoms with Crippen molar-refractivity contribution in [1.29, 1.82) is 0 Å². The molecule has 0 bridgehead atoms. The first-order valence-electron chi connectivity index (χ1n) is 5.43. The van der Waals surface area contributed by atoms with E-state index in [1.165, 1.54) is 12.1 Å². The van der Waals surface area contributed by atoms with Crippen LogP contribution in [-0.4, -0.2) is 13.3 Å². The van der Waals surface area contributed by atoms with Gasteiger partial charge in [0.2, 0.25) is 0 Å². The van der Waals surface area contributed by atoms with E-state index >= 15 is 0 Å². The molecule has 0 saturated carbocycles. The van der Waals surface area contributed by atoms with Gasteiger partial charge in [0, 0.05) is 12.1 Å². The Hall–Kier alpha value is -2.55. The molecule has 0 aromatic heterocycles. The molecule has 0 fully saturated rings. The van der Waals surface area contributed by atoms with Crippen LogP contribution in [0.3, 0.4) is 0 Å². The van der Waals surface area contributed by atoms with Gasteiger partial charge in [-0.2, -0.15) is 8.42 Å². The van der Waals surface area contributed by atoms with Crippen molar-refractivity contribution >= 4 is 15.8 Å². The molecule has 2 rings (SSSR count). The summed E-state index contributed by atoms with van der Waals surface area (Å²) in [6.07, 6.45) is 0. The molecule has 0 unspecified atom stereocenters. The number of hydrogen-bond donors (Lipinski definition) is 0. The van der Waals surface area contributed by atoms with E-state index in [0.717, 1.165) is 12.1 Å². The van der Waals surface area contributed by atoms with E-state index in [1.54, 1.807) is 0 Å². The zero-order valence-corrected chi connectivity index (χ0v) is 11.0. The van der Waals surface area contributed by atoms with Gasteiger partial charge in [0.05, 0.1) is 11.0 Å². The molecule has 9 heteroatoms. The summed E-state index contributed by atoms with van der Waals surface area (Å²) in [7, 11) is -4.50. The van der Waals surface area contributed by atoms with Gasteiger partial charge in [-0.1, -0.05) is 6.07 Å². The largest absolute Gasteiger partial charge is 0.379 e. The summed E-state index contributed by atoms with van der Waals surface area (Å²) in [5.41, 5.74) is -0.381. The highest BCUT2D eigenvalue weighted by Crippen LogP contribution is 2.23. The Morgan fingerprint density at radius 3 is 2.24 bits per heavy atom. The minimum Gasteiger partial charge on any atom is -0.379 e. The maximum Gasteiger partial charge on any atom is 0.339 e. The van der Waals surface area contributed by atoms with E-state index in [2.05, 4.69) is 4.18 Å². The average molecular weight is 315 g/mol. The molecule has 2 aromatic rings. The predicted molar refractivity (Wildman–Crippen MR) is 67.3 cm³/mol. The monoisotopic (exact) mass is 315 g/mol. The number of nitro benzene ring substituents is 1. The van der Waals surface area contributed by atoms with Gasteiger partial charge in [-0.25, -0.2) is 8.78 Å². The SMILES string of the molecule is O=[N+]([O-])c1cccc(OS(=O)(=O)c2cc(F)cc(F)c2)c1. The summed E-state index contributed by atoms with van der Waals surface area (Å²) in [6, 6.07) is 6.07. The lowest BCUT2D eigenvalue weighted by Gasteiger charge is -2.07. The van der Waals surface area contributed by atoms with Crippen molar-refractivity contribution in [3.8, 4) is 5.75 Å². The Morgan fingerprint density at radius 1 is 1.05 bits per heavy atom. The molecule has 0 heterocycles. The average Bonchev–Trinajstić information content (AvgIpc) is 2.37. The van der Waals surface area contributed by atoms with Crippen molar-refractivity contribution in [3.63, 3.8) is 0 Å². The lowest BCUT2D eigenvalue weighted by molar-refractivity contribution is -0.384. The predicted octanol–water partition coefficient (Wildman–Crippen LogP) is 2.64. The molecular weight excluding hydrogens is 308 g/mol. The van der Waals surface area contributed by atoms with Gasteiger partial charge < -0.3 is 4.18 Å². The Kier molecular flexibility index (Phi) is 3.85. The molecule has 0 aliphatic rings. The van der Waals surface area contributed by atoms with Crippen molar-refractivity contribution in [2.45, 2.75) is 4.90 Å². The molecule has 0 N–H and O–H groups in total. The molecule has 0 radical (unpaired) electrons. The van der Waals surface area contributed by atoms with Crippen molar-refractivity contribution in [3.05, 3.63) is 64.2 Å². The molecule has 2 aromatic carbocycles. The number of nitrogens with zero attached hydrogens (tertiary/aromatic N) is 1. The summed E-state index contributed by atoms with van der Waals surface area (Å²) in [4.78, 5) is 9.11. The van der Waals surface area contributed by atoms with Crippen LogP contribution in [-0.2, 0) is 10.1 Å². The fourth-order valence-electron chi connectivity index (χ4n) is 1.50. The molecule has 110 valence electrons. The summed E-state index contributed by atoms with van der Waals surface area (Å²) in [5, 5.41) is 10.6. The second-order valence-electron chi connectivity index (χ2n) is 3.90. The first kappa shape index (κ1) is 14.9. The van der Waals surface area contributed by atoms with E-state index in [4.69, 9.17) is 0 Å². The third-order valence-corrected chi connectivity index (χ3v) is 3.58. The lowest BCUT2D eigenvalue weighted by Crippen LogP contribution is -2.10. The zero-order valence-electron chi connectivity index (χ0n) is 10.2. The summed E-state index contributed by atoms with van der Waals surface area (Å²) in [6.45, 7) is 0. The van der Waals surface area contributed by atoms with Crippen LogP contribution in [0.2, 0.25) is 0 Å². The van der Waals surface area contributed by atoms with Gasteiger partial charge in [-0.05, 0) is 18.2 Å². The van der Waals surface area contributed by atoms with Crippen molar-refractivity contribution in [1.82, 2.24) is 0 Å². The zero-order chi connectivity index (χ0) is 15.6. The smallest absolute Gasteiger partial charge is 0.339 e. The summed E-state index contributed by atoms with van der Waals surface area (Å²) in [5.74, 6) is -2.51. The molecule has 0 spiro atoms. The van der Waals surface area contributed by atoms with Crippen LogP contribution in [0.15, 0.2) is 47.4 Å². The number of benzene rings is 2. The summed E-state index contributed by atoms with van der Waals surface area (Å²) < 4.78 is 54.4. The van der Waals surface area contributed by atoms with E-state index in [0.29, 0.717) is 18.2 Å². The second-order valence-corrected chi connectivity index (χ2v) is 5.44. The number of halogens is 2. The lowest BCUT2D eigenvalue weighted by atomic mass is 10.3. The molecule has 6 nitrogen and oxygen atoms in total. The van der Waals surface area contributed by atoms with Crippen molar-refractivity contribution in [2.24, 2.45) is 0 Å². The van der Waals surface area contributed by atoms with Gasteiger partial charge in [0.1, 0.15) is 22.3 Å². The maximum absolute atomic E-state index is 13.0. The highest BCUT2D eigenvalue weighted by atomic mass is 32.2. The maximum atomic E-state index is 13.0. The molecule has 0 atom stereocenters. The van der Waals surface area contributed by atoms with Crippen LogP contribution in [0.5, 0.6) is 5.75 Å². The number of rotatable bonds is 4. The van der Waals surface area contributed by atoms with Crippen LogP contribution in [0.25, 0.3) is 0 Å². The van der Waals surface area contributed by atoms with Crippen molar-refractivity contribution in [2.75, 3.05) is 0 Å². The van der Waals surface area contributed by atoms with Gasteiger partial charge in [0.15, 0.2) is 0 Å². The van der Waals surface area contributed by atoms with Crippen LogP contribution in [0.1, 0.15) is 0 Å². The molecule has 21 heavy (non-hydrogen) atoms. The Balaban J connectivity index is 2.37. The second kappa shape index (κ2) is 5.44. The molecular formula is C12H7F2NO5S. The number of nitro groups is 1. The van der Waals surface area contributed by atoms with Crippen LogP contribution in [0, 0.1) is 21.7 Å². The topological polar surface area (TPSA) is 86.5 Å². The Labute approximate surface area is 117 Å². The van der Waals surface area contributed by atoms with Gasteiger partial charge in [-0.3, -0.25) is 10.1 Å². The van der Waals surface area contributed by atoms with E-state index < -0.39 is 31.6 Å². The standard InChI is InChI=1S/C12H7F2NO5S/c13-8-4-9(14)6-12(5-8)21(18,19)20-11-3-1-2-10(7-11)15(16)17/h1-7H. The highest BCUT2D eigenvalue weighted by molar-refractivity contribution is 7.87. The van der Waals surface area contributed by atoms with Crippen molar-refractivity contribution < 1.29 is 26.3 Å². The van der Waals surface area contributed by atoms with E-state index in [1.807, 2.05) is 0 Å². The van der Waals surface area contributed by atoms with Gasteiger partial charge in [0.25, 0.3) is 5.69 Å². The quantitative estimate of drug-likeness (QED) is 0.492. The molecule has 0 saturated heterocycles. The van der Waals surface area contributed by atoms with Gasteiger partial charge >= 0.3 is 10.1 Å². The summed E-state index contributed by atoms with van der Waals surface area (Å²) >= 11 is 0. The van der Waals surface area contributed by atoms with Crippen LogP contribution < -0.4 is 4.18 Å². The Bertz CT molecular complexity index is 787. The first-order valence-corrected chi connectivity index (χ1v) is 6.84. The fraction of sp³-hybridized carbons (Fsp3) is 0. The minimum absolute atomic E-state index is 0.339. The molecule has 0 aliphatic heterocycles. The van der Waals surface area contributed by atoms with Gasteiger partial charge in [-0.15, -0.1) is 0 Å². The Morgan fingerprint density at radius 2 is 1.67 bits per heavy atom. The molecule has 0 amide bonds. The molecule has 0 aliphatic carbocycles. The highest BCUT2D eigenvalue weighted by Gasteiger charge is 2.20. The number of non-ortho nitro benzene ring substituents is 1. The first-order chi connectivity index (χ1) is 9.78. The normalized spacial score (nSPS) is 11.1. The van der Waals surface area contributed by atoms with E-state index in [-0.39, 0.29) is 11.4 Å². The number of hydrogen-bond acceptors (Lipinski definition) is 5. The minimum atomic E-state index is -4.50. The third kappa shape index (κ3) is 3.51.